The Bertz CT molecular complexity index is 672. The van der Waals surface area contributed by atoms with Gasteiger partial charge in [-0.3, -0.25) is 9.79 Å². The molecule has 1 aliphatic heterocycles. The number of carbonyl (C=O) groups is 1. The first kappa shape index (κ1) is 24.2. The van der Waals surface area contributed by atoms with Crippen LogP contribution in [0, 0.1) is 5.92 Å². The number of likely N-dealkylation sites (tertiary alicyclic amines) is 1. The number of pyridine rings is 1. The Labute approximate surface area is 178 Å². The van der Waals surface area contributed by atoms with E-state index in [9.17, 15) is 18.0 Å². The number of aliphatic imine (C=N–C) groups is 1. The van der Waals surface area contributed by atoms with Gasteiger partial charge in [0.15, 0.2) is 12.6 Å². The average Bonchev–Trinajstić information content (AvgIpc) is 2.60. The van der Waals surface area contributed by atoms with Gasteiger partial charge in [0.2, 0.25) is 11.8 Å². The van der Waals surface area contributed by atoms with Crippen LogP contribution in [-0.2, 0) is 11.3 Å². The summed E-state index contributed by atoms with van der Waals surface area (Å²) in [5, 5.41) is 3.13. The minimum atomic E-state index is -4.43. The van der Waals surface area contributed by atoms with Gasteiger partial charge < -0.3 is 20.7 Å². The van der Waals surface area contributed by atoms with Crippen molar-refractivity contribution in [1.82, 2.24) is 15.2 Å². The highest BCUT2D eigenvalue weighted by molar-refractivity contribution is 14.0. The maximum atomic E-state index is 12.4. The number of nitrogens with zero attached hydrogens (tertiary/aromatic N) is 3. The van der Waals surface area contributed by atoms with Crippen molar-refractivity contribution in [2.45, 2.75) is 32.0 Å². The number of nitrogens with two attached hydrogens (primary N) is 1. The lowest BCUT2D eigenvalue weighted by molar-refractivity contribution is -0.154. The van der Waals surface area contributed by atoms with Gasteiger partial charge in [0, 0.05) is 44.9 Å². The molecule has 1 amide bonds. The van der Waals surface area contributed by atoms with E-state index in [4.69, 9.17) is 10.5 Å². The smallest absolute Gasteiger partial charge is 0.422 e. The molecule has 0 aromatic carbocycles. The van der Waals surface area contributed by atoms with Crippen LogP contribution in [0.2, 0.25) is 0 Å². The van der Waals surface area contributed by atoms with Gasteiger partial charge in [0.05, 0.1) is 0 Å². The van der Waals surface area contributed by atoms with Crippen molar-refractivity contribution in [3.8, 4) is 5.88 Å². The first-order valence-electron chi connectivity index (χ1n) is 8.66. The van der Waals surface area contributed by atoms with Crippen molar-refractivity contribution < 1.29 is 22.7 Å². The number of ether oxygens (including phenoxy) is 1. The van der Waals surface area contributed by atoms with Crippen LogP contribution in [0.5, 0.6) is 5.88 Å². The summed E-state index contributed by atoms with van der Waals surface area (Å²) in [4.78, 5) is 21.3. The number of hydrogen-bond donors (Lipinski definition) is 2. The third-order valence-corrected chi connectivity index (χ3v) is 4.18. The molecule has 0 bridgehead atoms. The Kier molecular flexibility index (Phi) is 9.76. The summed E-state index contributed by atoms with van der Waals surface area (Å²) in [5.74, 6) is 0.378. The first-order valence-corrected chi connectivity index (χ1v) is 8.66. The van der Waals surface area contributed by atoms with E-state index in [-0.39, 0.29) is 48.2 Å². The zero-order valence-corrected chi connectivity index (χ0v) is 17.9. The third-order valence-electron chi connectivity index (χ3n) is 4.18. The van der Waals surface area contributed by atoms with E-state index in [1.54, 1.807) is 19.2 Å². The molecular weight excluding hydrogens is 490 g/mol. The van der Waals surface area contributed by atoms with Crippen LogP contribution in [0.3, 0.4) is 0 Å². The molecule has 1 aromatic heterocycles. The van der Waals surface area contributed by atoms with Crippen molar-refractivity contribution in [2.75, 3.05) is 26.7 Å². The number of rotatable bonds is 6. The average molecular weight is 515 g/mol. The molecule has 1 saturated heterocycles. The van der Waals surface area contributed by atoms with Crippen molar-refractivity contribution >= 4 is 35.8 Å². The highest BCUT2D eigenvalue weighted by Crippen LogP contribution is 2.21. The van der Waals surface area contributed by atoms with Crippen LogP contribution in [0.1, 0.15) is 24.8 Å². The van der Waals surface area contributed by atoms with Gasteiger partial charge in [-0.2, -0.15) is 13.2 Å². The summed E-state index contributed by atoms with van der Waals surface area (Å²) < 4.78 is 41.9. The van der Waals surface area contributed by atoms with Crippen molar-refractivity contribution in [2.24, 2.45) is 16.6 Å². The standard InChI is InChI=1S/C17H24F3N5O2.HI/c1-22-16(25-7-3-4-12(10-25)8-14(21)26)24-9-13-5-2-6-23-15(13)27-11-17(18,19)20;/h2,5-6,12H,3-4,7-11H2,1H3,(H2,21,26)(H,22,24);1H. The monoisotopic (exact) mass is 515 g/mol. The van der Waals surface area contributed by atoms with Crippen LogP contribution >= 0.6 is 24.0 Å². The van der Waals surface area contributed by atoms with E-state index in [0.29, 0.717) is 24.5 Å². The molecule has 2 rings (SSSR count). The summed E-state index contributed by atoms with van der Waals surface area (Å²) in [6.45, 7) is 0.240. The van der Waals surface area contributed by atoms with Crippen LogP contribution < -0.4 is 15.8 Å². The van der Waals surface area contributed by atoms with Gasteiger partial charge >= 0.3 is 6.18 Å². The fourth-order valence-electron chi connectivity index (χ4n) is 3.05. The van der Waals surface area contributed by atoms with Crippen LogP contribution in [-0.4, -0.2) is 54.7 Å². The largest absolute Gasteiger partial charge is 0.468 e. The van der Waals surface area contributed by atoms with E-state index in [2.05, 4.69) is 15.3 Å². The summed E-state index contributed by atoms with van der Waals surface area (Å²) >= 11 is 0. The van der Waals surface area contributed by atoms with Gasteiger partial charge in [-0.15, -0.1) is 24.0 Å². The number of primary amides is 1. The predicted octanol–water partition coefficient (Wildman–Crippen LogP) is 2.30. The predicted molar refractivity (Wildman–Crippen MR) is 110 cm³/mol. The minimum absolute atomic E-state index is 0. The van der Waals surface area contributed by atoms with Crippen LogP contribution in [0.15, 0.2) is 23.3 Å². The Hall–Kier alpha value is -1.79. The molecule has 1 fully saturated rings. The molecule has 1 unspecified atom stereocenters. The topological polar surface area (TPSA) is 92.8 Å². The first-order chi connectivity index (χ1) is 12.8. The maximum absolute atomic E-state index is 12.4. The zero-order valence-electron chi connectivity index (χ0n) is 15.5. The molecular formula is C17H25F3IN5O2. The maximum Gasteiger partial charge on any atom is 0.422 e. The Morgan fingerprint density at radius 1 is 1.50 bits per heavy atom. The van der Waals surface area contributed by atoms with Gasteiger partial charge in [-0.05, 0) is 24.8 Å². The SMILES string of the molecule is CN=C(NCc1cccnc1OCC(F)(F)F)N1CCCC(CC(N)=O)C1.I. The van der Waals surface area contributed by atoms with Crippen molar-refractivity contribution in [3.63, 3.8) is 0 Å². The third kappa shape index (κ3) is 8.07. The Morgan fingerprint density at radius 2 is 2.25 bits per heavy atom. The second kappa shape index (κ2) is 11.3. The summed E-state index contributed by atoms with van der Waals surface area (Å²) in [7, 11) is 1.63. The molecule has 0 saturated carbocycles. The lowest BCUT2D eigenvalue weighted by atomic mass is 9.95. The minimum Gasteiger partial charge on any atom is -0.468 e. The van der Waals surface area contributed by atoms with Gasteiger partial charge in [0.25, 0.3) is 0 Å². The number of aromatic nitrogens is 1. The van der Waals surface area contributed by atoms with Gasteiger partial charge in [-0.1, -0.05) is 6.07 Å². The number of carbonyl (C=O) groups excluding carboxylic acids is 1. The lowest BCUT2D eigenvalue weighted by Gasteiger charge is -2.34. The van der Waals surface area contributed by atoms with E-state index >= 15 is 0 Å². The molecule has 7 nitrogen and oxygen atoms in total. The van der Waals surface area contributed by atoms with E-state index in [0.717, 1.165) is 19.4 Å². The molecule has 0 spiro atoms. The molecule has 3 N–H and O–H groups in total. The molecule has 158 valence electrons. The molecule has 1 aliphatic rings. The number of hydrogen-bond acceptors (Lipinski definition) is 4. The van der Waals surface area contributed by atoms with E-state index < -0.39 is 12.8 Å². The normalized spacial score (nSPS) is 17.6. The number of nitrogens with one attached hydrogen (secondary N) is 1. The van der Waals surface area contributed by atoms with Crippen LogP contribution in [0.25, 0.3) is 0 Å². The molecule has 1 aromatic rings. The van der Waals surface area contributed by atoms with Gasteiger partial charge in [-0.25, -0.2) is 4.98 Å². The quantitative estimate of drug-likeness (QED) is 0.345. The number of amides is 1. The number of guanidine groups is 1. The number of piperidine rings is 1. The van der Waals surface area contributed by atoms with E-state index in [1.165, 1.54) is 6.20 Å². The second-order valence-corrected chi connectivity index (χ2v) is 6.40. The molecule has 0 aliphatic carbocycles. The van der Waals surface area contributed by atoms with Gasteiger partial charge in [0.1, 0.15) is 0 Å². The Morgan fingerprint density at radius 3 is 2.89 bits per heavy atom. The Balaban J connectivity index is 0.00000392. The van der Waals surface area contributed by atoms with Crippen molar-refractivity contribution in [3.05, 3.63) is 23.9 Å². The molecule has 2 heterocycles. The highest BCUT2D eigenvalue weighted by atomic mass is 127. The zero-order chi connectivity index (χ0) is 19.9. The fourth-order valence-corrected chi connectivity index (χ4v) is 3.05. The fraction of sp³-hybridized carbons (Fsp3) is 0.588. The molecule has 0 radical (unpaired) electrons. The van der Waals surface area contributed by atoms with Crippen molar-refractivity contribution in [1.29, 1.82) is 0 Å². The van der Waals surface area contributed by atoms with E-state index in [1.807, 2.05) is 4.90 Å². The molecule has 28 heavy (non-hydrogen) atoms. The van der Waals surface area contributed by atoms with Crippen LogP contribution in [0.4, 0.5) is 13.2 Å². The number of alkyl halides is 3. The summed E-state index contributed by atoms with van der Waals surface area (Å²) in [6, 6.07) is 3.27. The summed E-state index contributed by atoms with van der Waals surface area (Å²) in [5.41, 5.74) is 5.78. The molecule has 1 atom stereocenters. The lowest BCUT2D eigenvalue weighted by Crippen LogP contribution is -2.47. The number of halogens is 4. The highest BCUT2D eigenvalue weighted by Gasteiger charge is 2.29. The summed E-state index contributed by atoms with van der Waals surface area (Å²) in [6.07, 6.45) is -0.893. The second-order valence-electron chi connectivity index (χ2n) is 6.40. The molecule has 11 heteroatoms.